The number of hydrazone groups is 1. The van der Waals surface area contributed by atoms with E-state index in [2.05, 4.69) is 21.0 Å². The maximum absolute atomic E-state index is 13.2. The highest BCUT2D eigenvalue weighted by Crippen LogP contribution is 2.35. The quantitative estimate of drug-likeness (QED) is 0.586. The number of amides is 1. The smallest absolute Gasteiger partial charge is 0.274 e. The molecule has 4 rings (SSSR count). The van der Waals surface area contributed by atoms with Crippen molar-refractivity contribution in [3.63, 3.8) is 0 Å². The van der Waals surface area contributed by atoms with Crippen molar-refractivity contribution in [2.75, 3.05) is 0 Å². The van der Waals surface area contributed by atoms with Gasteiger partial charge in [-0.25, -0.2) is 5.01 Å². The Morgan fingerprint density at radius 1 is 1.15 bits per heavy atom. The molecule has 1 aromatic heterocycles. The fourth-order valence-corrected chi connectivity index (χ4v) is 3.62. The van der Waals surface area contributed by atoms with Gasteiger partial charge < -0.3 is 4.42 Å². The fraction of sp³-hybridized carbons (Fsp3) is 0.143. The van der Waals surface area contributed by atoms with Crippen LogP contribution in [0.4, 0.5) is 0 Å². The molecule has 130 valence electrons. The van der Waals surface area contributed by atoms with E-state index in [1.54, 1.807) is 11.3 Å². The Hall–Kier alpha value is -2.66. The highest BCUT2D eigenvalue weighted by molar-refractivity contribution is 9.10. The Labute approximate surface area is 160 Å². The van der Waals surface area contributed by atoms with E-state index in [4.69, 9.17) is 4.42 Å². The predicted octanol–water partition coefficient (Wildman–Crippen LogP) is 5.34. The maximum atomic E-state index is 13.2. The van der Waals surface area contributed by atoms with Gasteiger partial charge in [-0.2, -0.15) is 5.10 Å². The zero-order chi connectivity index (χ0) is 18.1. The van der Waals surface area contributed by atoms with Gasteiger partial charge in [0.05, 0.1) is 12.3 Å². The predicted molar refractivity (Wildman–Crippen MR) is 104 cm³/mol. The Bertz CT molecular complexity index is 979. The van der Waals surface area contributed by atoms with Gasteiger partial charge in [-0.05, 0) is 48.4 Å². The summed E-state index contributed by atoms with van der Waals surface area (Å²) in [6.45, 7) is 1.94. The van der Waals surface area contributed by atoms with Crippen LogP contribution < -0.4 is 0 Å². The van der Waals surface area contributed by atoms with Crippen LogP contribution in [0.15, 0.2) is 80.9 Å². The molecule has 0 saturated heterocycles. The molecular weight excluding hydrogens is 392 g/mol. The maximum Gasteiger partial charge on any atom is 0.274 e. The van der Waals surface area contributed by atoms with Crippen molar-refractivity contribution in [2.24, 2.45) is 5.10 Å². The first-order chi connectivity index (χ1) is 12.6. The zero-order valence-corrected chi connectivity index (χ0v) is 15.8. The number of benzene rings is 2. The molecule has 3 aromatic rings. The van der Waals surface area contributed by atoms with Crippen LogP contribution in [-0.2, 0) is 0 Å². The van der Waals surface area contributed by atoms with Gasteiger partial charge in [0.2, 0.25) is 0 Å². The number of carbonyl (C=O) groups excluding carboxylic acids is 1. The second kappa shape index (κ2) is 6.92. The molecule has 0 saturated carbocycles. The third-order valence-electron chi connectivity index (χ3n) is 4.53. The molecule has 5 heteroatoms. The van der Waals surface area contributed by atoms with Crippen molar-refractivity contribution in [1.29, 1.82) is 0 Å². The SMILES string of the molecule is Cc1ccccc1C(=O)N1N=C(c2ccco2)C[C@@H]1c1cccc(Br)c1. The molecular formula is C21H17BrN2O2. The first kappa shape index (κ1) is 16.8. The minimum atomic E-state index is -0.167. The Balaban J connectivity index is 1.76. The minimum Gasteiger partial charge on any atom is -0.463 e. The molecule has 26 heavy (non-hydrogen) atoms. The summed E-state index contributed by atoms with van der Waals surface area (Å²) in [5.41, 5.74) is 3.41. The minimum absolute atomic E-state index is 0.102. The summed E-state index contributed by atoms with van der Waals surface area (Å²) in [6.07, 6.45) is 2.24. The molecule has 1 amide bonds. The van der Waals surface area contributed by atoms with E-state index in [1.165, 1.54) is 0 Å². The van der Waals surface area contributed by atoms with Crippen LogP contribution in [0.1, 0.15) is 39.7 Å². The summed E-state index contributed by atoms with van der Waals surface area (Å²) >= 11 is 3.52. The van der Waals surface area contributed by atoms with Gasteiger partial charge in [-0.15, -0.1) is 0 Å². The van der Waals surface area contributed by atoms with Gasteiger partial charge in [-0.1, -0.05) is 46.3 Å². The van der Waals surface area contributed by atoms with E-state index in [-0.39, 0.29) is 11.9 Å². The summed E-state index contributed by atoms with van der Waals surface area (Å²) in [5.74, 6) is 0.597. The Morgan fingerprint density at radius 3 is 2.73 bits per heavy atom. The molecule has 1 aliphatic heterocycles. The van der Waals surface area contributed by atoms with E-state index < -0.39 is 0 Å². The number of rotatable bonds is 3. The van der Waals surface area contributed by atoms with E-state index in [0.29, 0.717) is 17.7 Å². The second-order valence-corrected chi connectivity index (χ2v) is 7.18. The van der Waals surface area contributed by atoms with Crippen LogP contribution in [0, 0.1) is 6.92 Å². The van der Waals surface area contributed by atoms with E-state index in [1.807, 2.05) is 67.6 Å². The number of carbonyl (C=O) groups is 1. The molecule has 0 bridgehead atoms. The first-order valence-corrected chi connectivity index (χ1v) is 9.19. The molecule has 0 spiro atoms. The zero-order valence-electron chi connectivity index (χ0n) is 14.2. The largest absolute Gasteiger partial charge is 0.463 e. The van der Waals surface area contributed by atoms with Crippen LogP contribution in [-0.4, -0.2) is 16.6 Å². The standard InChI is InChI=1S/C21H17BrN2O2/c1-14-6-2-3-9-17(14)21(25)24-19(15-7-4-8-16(22)12-15)13-18(23-24)20-10-5-11-26-20/h2-12,19H,13H2,1H3/t19-/m1/s1. The van der Waals surface area contributed by atoms with Crippen molar-refractivity contribution in [2.45, 2.75) is 19.4 Å². The van der Waals surface area contributed by atoms with Gasteiger partial charge in [0.15, 0.2) is 0 Å². The van der Waals surface area contributed by atoms with Gasteiger partial charge >= 0.3 is 0 Å². The van der Waals surface area contributed by atoms with Crippen molar-refractivity contribution in [3.8, 4) is 0 Å². The highest BCUT2D eigenvalue weighted by Gasteiger charge is 2.35. The third kappa shape index (κ3) is 3.10. The lowest BCUT2D eigenvalue weighted by Gasteiger charge is -2.23. The van der Waals surface area contributed by atoms with E-state index in [9.17, 15) is 4.79 Å². The average molecular weight is 409 g/mol. The van der Waals surface area contributed by atoms with Crippen molar-refractivity contribution >= 4 is 27.5 Å². The summed E-state index contributed by atoms with van der Waals surface area (Å²) in [6, 6.07) is 19.1. The van der Waals surface area contributed by atoms with Crippen molar-refractivity contribution in [3.05, 3.63) is 93.9 Å². The Kier molecular flexibility index (Phi) is 4.47. The van der Waals surface area contributed by atoms with Crippen LogP contribution in [0.2, 0.25) is 0 Å². The van der Waals surface area contributed by atoms with E-state index in [0.717, 1.165) is 21.3 Å². The lowest BCUT2D eigenvalue weighted by atomic mass is 10.00. The number of furan rings is 1. The number of hydrogen-bond donors (Lipinski definition) is 0. The molecule has 0 aliphatic carbocycles. The first-order valence-electron chi connectivity index (χ1n) is 8.39. The molecule has 0 unspecified atom stereocenters. The lowest BCUT2D eigenvalue weighted by Crippen LogP contribution is -2.27. The van der Waals surface area contributed by atoms with Crippen LogP contribution in [0.5, 0.6) is 0 Å². The van der Waals surface area contributed by atoms with Gasteiger partial charge in [0.25, 0.3) is 5.91 Å². The van der Waals surface area contributed by atoms with Crippen LogP contribution in [0.3, 0.4) is 0 Å². The topological polar surface area (TPSA) is 45.8 Å². The molecule has 0 fully saturated rings. The van der Waals surface area contributed by atoms with Gasteiger partial charge in [0, 0.05) is 16.5 Å². The summed E-state index contributed by atoms with van der Waals surface area (Å²) in [4.78, 5) is 13.2. The number of hydrogen-bond acceptors (Lipinski definition) is 3. The van der Waals surface area contributed by atoms with Gasteiger partial charge in [-0.3, -0.25) is 4.79 Å². The fourth-order valence-electron chi connectivity index (χ4n) is 3.20. The van der Waals surface area contributed by atoms with Crippen molar-refractivity contribution < 1.29 is 9.21 Å². The van der Waals surface area contributed by atoms with Gasteiger partial charge in [0.1, 0.15) is 11.5 Å². The molecule has 2 aromatic carbocycles. The molecule has 2 heterocycles. The summed E-state index contributed by atoms with van der Waals surface area (Å²) in [7, 11) is 0. The normalized spacial score (nSPS) is 16.6. The molecule has 1 aliphatic rings. The number of halogens is 1. The summed E-state index contributed by atoms with van der Waals surface area (Å²) < 4.78 is 6.48. The molecule has 0 radical (unpaired) electrons. The van der Waals surface area contributed by atoms with E-state index >= 15 is 0 Å². The lowest BCUT2D eigenvalue weighted by molar-refractivity contribution is 0.0710. The third-order valence-corrected chi connectivity index (χ3v) is 5.03. The molecule has 4 nitrogen and oxygen atoms in total. The Morgan fingerprint density at radius 2 is 2.00 bits per heavy atom. The monoisotopic (exact) mass is 408 g/mol. The van der Waals surface area contributed by atoms with Crippen LogP contribution >= 0.6 is 15.9 Å². The average Bonchev–Trinajstić information content (AvgIpc) is 3.31. The molecule has 1 atom stereocenters. The summed E-state index contributed by atoms with van der Waals surface area (Å²) in [5, 5.41) is 6.21. The number of nitrogens with zero attached hydrogens (tertiary/aromatic N) is 2. The van der Waals surface area contributed by atoms with Crippen LogP contribution in [0.25, 0.3) is 0 Å². The second-order valence-electron chi connectivity index (χ2n) is 6.26. The highest BCUT2D eigenvalue weighted by atomic mass is 79.9. The van der Waals surface area contributed by atoms with Crippen molar-refractivity contribution in [1.82, 2.24) is 5.01 Å². The number of aryl methyl sites for hydroxylation is 1. The molecule has 0 N–H and O–H groups in total.